The zero-order valence-corrected chi connectivity index (χ0v) is 13.9. The number of benzene rings is 2. The normalized spacial score (nSPS) is 11.8. The van der Waals surface area contributed by atoms with Crippen molar-refractivity contribution in [1.29, 1.82) is 0 Å². The highest BCUT2D eigenvalue weighted by molar-refractivity contribution is 5.95. The first-order valence-electron chi connectivity index (χ1n) is 8.04. The number of aryl methyl sites for hydroxylation is 1. The van der Waals surface area contributed by atoms with E-state index in [0.717, 1.165) is 22.5 Å². The largest absolute Gasteiger partial charge is 0.345 e. The average Bonchev–Trinajstić information content (AvgIpc) is 2.63. The van der Waals surface area contributed by atoms with Gasteiger partial charge < -0.3 is 5.32 Å². The second kappa shape index (κ2) is 7.09. The minimum Gasteiger partial charge on any atom is -0.345 e. The lowest BCUT2D eigenvalue weighted by molar-refractivity contribution is 0.0939. The molecule has 0 fully saturated rings. The number of nitrogens with one attached hydrogen (secondary N) is 1. The zero-order valence-electron chi connectivity index (χ0n) is 13.9. The van der Waals surface area contributed by atoms with Crippen LogP contribution in [0, 0.1) is 6.92 Å². The van der Waals surface area contributed by atoms with Gasteiger partial charge in [-0.25, -0.2) is 0 Å². The molecule has 0 saturated heterocycles. The summed E-state index contributed by atoms with van der Waals surface area (Å²) in [5.41, 5.74) is 4.34. The third-order valence-electron chi connectivity index (χ3n) is 4.05. The topological polar surface area (TPSA) is 42.0 Å². The molecule has 3 nitrogen and oxygen atoms in total. The minimum absolute atomic E-state index is 0.0492. The van der Waals surface area contributed by atoms with E-state index >= 15 is 0 Å². The van der Waals surface area contributed by atoms with Gasteiger partial charge in [-0.05, 0) is 31.5 Å². The number of pyridine rings is 1. The van der Waals surface area contributed by atoms with Gasteiger partial charge in [0, 0.05) is 5.56 Å². The standard InChI is InChI=1S/C21H20N2O/c1-15(17-9-5-3-6-10-17)23-21(24)19-13-14-20(22-16(19)2)18-11-7-4-8-12-18/h3-15H,1-2H3,(H,23,24)/t15-/m1/s1. The molecular weight excluding hydrogens is 296 g/mol. The van der Waals surface area contributed by atoms with Crippen LogP contribution in [0.1, 0.15) is 34.6 Å². The maximum absolute atomic E-state index is 12.5. The van der Waals surface area contributed by atoms with Crippen LogP contribution in [0.5, 0.6) is 0 Å². The molecule has 0 unspecified atom stereocenters. The maximum atomic E-state index is 12.5. The van der Waals surface area contributed by atoms with Crippen LogP contribution in [0.2, 0.25) is 0 Å². The highest BCUT2D eigenvalue weighted by atomic mass is 16.1. The van der Waals surface area contributed by atoms with Crippen LogP contribution in [0.25, 0.3) is 11.3 Å². The summed E-state index contributed by atoms with van der Waals surface area (Å²) >= 11 is 0. The molecule has 1 amide bonds. The smallest absolute Gasteiger partial charge is 0.253 e. The van der Waals surface area contributed by atoms with Crippen molar-refractivity contribution in [1.82, 2.24) is 10.3 Å². The summed E-state index contributed by atoms with van der Waals surface area (Å²) in [6.07, 6.45) is 0. The molecule has 0 spiro atoms. The van der Waals surface area contributed by atoms with Crippen molar-refractivity contribution in [3.05, 3.63) is 89.6 Å². The molecule has 24 heavy (non-hydrogen) atoms. The van der Waals surface area contributed by atoms with Crippen molar-refractivity contribution in [3.63, 3.8) is 0 Å². The van der Waals surface area contributed by atoms with Crippen molar-refractivity contribution < 1.29 is 4.79 Å². The van der Waals surface area contributed by atoms with E-state index in [4.69, 9.17) is 0 Å². The van der Waals surface area contributed by atoms with Gasteiger partial charge in [-0.1, -0.05) is 60.7 Å². The molecule has 0 aliphatic rings. The fourth-order valence-electron chi connectivity index (χ4n) is 2.67. The second-order valence-electron chi connectivity index (χ2n) is 5.80. The zero-order chi connectivity index (χ0) is 16.9. The summed E-state index contributed by atoms with van der Waals surface area (Å²) in [7, 11) is 0. The molecule has 0 radical (unpaired) electrons. The number of rotatable bonds is 4. The van der Waals surface area contributed by atoms with Gasteiger partial charge in [-0.15, -0.1) is 0 Å². The van der Waals surface area contributed by atoms with Gasteiger partial charge in [0.2, 0.25) is 0 Å². The lowest BCUT2D eigenvalue weighted by atomic mass is 10.1. The van der Waals surface area contributed by atoms with Gasteiger partial charge >= 0.3 is 0 Å². The highest BCUT2D eigenvalue weighted by Crippen LogP contribution is 2.19. The van der Waals surface area contributed by atoms with E-state index < -0.39 is 0 Å². The molecular formula is C21H20N2O. The number of aromatic nitrogens is 1. The Morgan fingerprint density at radius 1 is 0.917 bits per heavy atom. The number of hydrogen-bond donors (Lipinski definition) is 1. The Morgan fingerprint density at radius 3 is 2.17 bits per heavy atom. The maximum Gasteiger partial charge on any atom is 0.253 e. The molecule has 0 bridgehead atoms. The first-order chi connectivity index (χ1) is 11.6. The first-order valence-corrected chi connectivity index (χ1v) is 8.04. The summed E-state index contributed by atoms with van der Waals surface area (Å²) in [5, 5.41) is 3.03. The number of amides is 1. The van der Waals surface area contributed by atoms with E-state index in [9.17, 15) is 4.79 Å². The van der Waals surface area contributed by atoms with Crippen LogP contribution in [0.15, 0.2) is 72.8 Å². The monoisotopic (exact) mass is 316 g/mol. The van der Waals surface area contributed by atoms with Crippen LogP contribution >= 0.6 is 0 Å². The molecule has 0 saturated carbocycles. The Morgan fingerprint density at radius 2 is 1.54 bits per heavy atom. The Balaban J connectivity index is 1.78. The highest BCUT2D eigenvalue weighted by Gasteiger charge is 2.14. The first kappa shape index (κ1) is 15.9. The van der Waals surface area contributed by atoms with Gasteiger partial charge in [0.15, 0.2) is 0 Å². The SMILES string of the molecule is Cc1nc(-c2ccccc2)ccc1C(=O)N[C@H](C)c1ccccc1. The summed E-state index contributed by atoms with van der Waals surface area (Å²) in [6.45, 7) is 3.85. The van der Waals surface area contributed by atoms with Crippen molar-refractivity contribution in [2.45, 2.75) is 19.9 Å². The van der Waals surface area contributed by atoms with Gasteiger partial charge in [-0.3, -0.25) is 9.78 Å². The van der Waals surface area contributed by atoms with E-state index in [1.54, 1.807) is 0 Å². The molecule has 3 aromatic rings. The number of carbonyl (C=O) groups is 1. The van der Waals surface area contributed by atoms with Crippen molar-refractivity contribution in [3.8, 4) is 11.3 Å². The van der Waals surface area contributed by atoms with Crippen molar-refractivity contribution in [2.75, 3.05) is 0 Å². The van der Waals surface area contributed by atoms with Crippen LogP contribution in [-0.2, 0) is 0 Å². The van der Waals surface area contributed by atoms with Gasteiger partial charge in [0.25, 0.3) is 5.91 Å². The Kier molecular flexibility index (Phi) is 4.71. The quantitative estimate of drug-likeness (QED) is 0.767. The Hall–Kier alpha value is -2.94. The fraction of sp³-hybridized carbons (Fsp3) is 0.143. The molecule has 0 aliphatic carbocycles. The van der Waals surface area contributed by atoms with Crippen molar-refractivity contribution >= 4 is 5.91 Å². The van der Waals surface area contributed by atoms with Crippen LogP contribution < -0.4 is 5.32 Å². The predicted molar refractivity (Wildman–Crippen MR) is 96.7 cm³/mol. The van der Waals surface area contributed by atoms with E-state index in [2.05, 4.69) is 10.3 Å². The van der Waals surface area contributed by atoms with Crippen LogP contribution in [0.3, 0.4) is 0 Å². The summed E-state index contributed by atoms with van der Waals surface area (Å²) in [4.78, 5) is 17.1. The van der Waals surface area contributed by atoms with Gasteiger partial charge in [-0.2, -0.15) is 0 Å². The summed E-state index contributed by atoms with van der Waals surface area (Å²) in [5.74, 6) is -0.101. The Labute approximate surface area is 142 Å². The third kappa shape index (κ3) is 3.51. The molecule has 3 rings (SSSR count). The van der Waals surface area contributed by atoms with Crippen LogP contribution in [0.4, 0.5) is 0 Å². The Bertz CT molecular complexity index is 829. The van der Waals surface area contributed by atoms with Crippen molar-refractivity contribution in [2.24, 2.45) is 0 Å². The van der Waals surface area contributed by atoms with E-state index in [0.29, 0.717) is 5.56 Å². The molecule has 0 aliphatic heterocycles. The second-order valence-corrected chi connectivity index (χ2v) is 5.80. The molecule has 1 atom stereocenters. The third-order valence-corrected chi connectivity index (χ3v) is 4.05. The number of carbonyl (C=O) groups excluding carboxylic acids is 1. The van der Waals surface area contributed by atoms with Gasteiger partial charge in [0.1, 0.15) is 0 Å². The number of hydrogen-bond acceptors (Lipinski definition) is 2. The van der Waals surface area contributed by atoms with E-state index in [1.807, 2.05) is 86.6 Å². The fourth-order valence-corrected chi connectivity index (χ4v) is 2.67. The predicted octanol–water partition coefficient (Wildman–Crippen LogP) is 4.55. The lowest BCUT2D eigenvalue weighted by Gasteiger charge is -2.15. The lowest BCUT2D eigenvalue weighted by Crippen LogP contribution is -2.27. The summed E-state index contributed by atoms with van der Waals surface area (Å²) < 4.78 is 0. The molecule has 3 heteroatoms. The minimum atomic E-state index is -0.101. The summed E-state index contributed by atoms with van der Waals surface area (Å²) in [6, 6.07) is 23.6. The molecule has 1 aromatic heterocycles. The molecule has 2 aromatic carbocycles. The van der Waals surface area contributed by atoms with E-state index in [-0.39, 0.29) is 11.9 Å². The molecule has 1 N–H and O–H groups in total. The van der Waals surface area contributed by atoms with Crippen LogP contribution in [-0.4, -0.2) is 10.9 Å². The molecule has 120 valence electrons. The van der Waals surface area contributed by atoms with Gasteiger partial charge in [0.05, 0.1) is 23.0 Å². The number of nitrogens with zero attached hydrogens (tertiary/aromatic N) is 1. The molecule has 1 heterocycles. The average molecular weight is 316 g/mol. The van der Waals surface area contributed by atoms with E-state index in [1.165, 1.54) is 0 Å².